The van der Waals surface area contributed by atoms with Gasteiger partial charge in [-0.25, -0.2) is 4.68 Å². The third-order valence-corrected chi connectivity index (χ3v) is 4.48. The number of carbonyl (C=O) groups excluding carboxylic acids is 1. The van der Waals surface area contributed by atoms with Gasteiger partial charge in [0.1, 0.15) is 5.82 Å². The maximum absolute atomic E-state index is 13.0. The molecule has 0 radical (unpaired) electrons. The molecule has 1 aromatic carbocycles. The van der Waals surface area contributed by atoms with Gasteiger partial charge in [-0.2, -0.15) is 5.10 Å². The van der Waals surface area contributed by atoms with Gasteiger partial charge < -0.3 is 10.3 Å². The molecule has 2 aromatic heterocycles. The first-order valence-corrected chi connectivity index (χ1v) is 9.06. The minimum absolute atomic E-state index is 0.0593. The van der Waals surface area contributed by atoms with Crippen molar-refractivity contribution in [3.05, 3.63) is 51.8 Å². The van der Waals surface area contributed by atoms with Crippen molar-refractivity contribution in [2.24, 2.45) is 0 Å². The SMILES string of the molecule is CC(C)(C)c1cc(NC(=O)c2c[nH]c3ccc([N+](=O)[O-])cc23)n(C(C)(C)C)n1. The number of hydrogen-bond donors (Lipinski definition) is 2. The average molecular weight is 383 g/mol. The highest BCUT2D eigenvalue weighted by molar-refractivity contribution is 6.12. The summed E-state index contributed by atoms with van der Waals surface area (Å²) in [5.41, 5.74) is 1.32. The second kappa shape index (κ2) is 6.47. The van der Waals surface area contributed by atoms with E-state index < -0.39 is 4.92 Å². The Morgan fingerprint density at radius 3 is 2.43 bits per heavy atom. The zero-order valence-corrected chi connectivity index (χ0v) is 17.0. The summed E-state index contributed by atoms with van der Waals surface area (Å²) in [6.45, 7) is 12.2. The topological polar surface area (TPSA) is 106 Å². The van der Waals surface area contributed by atoms with Crippen LogP contribution in [0.3, 0.4) is 0 Å². The summed E-state index contributed by atoms with van der Waals surface area (Å²) in [4.78, 5) is 26.6. The Morgan fingerprint density at radius 1 is 1.18 bits per heavy atom. The van der Waals surface area contributed by atoms with Gasteiger partial charge in [0.05, 0.1) is 21.7 Å². The fraction of sp³-hybridized carbons (Fsp3) is 0.400. The van der Waals surface area contributed by atoms with E-state index in [4.69, 9.17) is 5.10 Å². The Bertz CT molecular complexity index is 1060. The lowest BCUT2D eigenvalue weighted by Crippen LogP contribution is -2.27. The molecule has 0 bridgehead atoms. The van der Waals surface area contributed by atoms with E-state index in [1.807, 2.05) is 26.8 Å². The van der Waals surface area contributed by atoms with Gasteiger partial charge in [-0.05, 0) is 26.8 Å². The number of aromatic amines is 1. The van der Waals surface area contributed by atoms with E-state index in [1.165, 1.54) is 12.1 Å². The zero-order valence-electron chi connectivity index (χ0n) is 17.0. The standard InChI is InChI=1S/C20H25N5O3/c1-19(2,3)16-10-17(24(23-16)20(4,5)6)22-18(26)14-11-21-15-8-7-12(25(27)28)9-13(14)15/h7-11,21H,1-6H3,(H,22,26). The summed E-state index contributed by atoms with van der Waals surface area (Å²) in [5.74, 6) is 0.236. The summed E-state index contributed by atoms with van der Waals surface area (Å²) in [5, 5.41) is 19.2. The van der Waals surface area contributed by atoms with Crippen molar-refractivity contribution < 1.29 is 9.72 Å². The van der Waals surface area contributed by atoms with Gasteiger partial charge in [0, 0.05) is 40.7 Å². The molecule has 148 valence electrons. The van der Waals surface area contributed by atoms with Gasteiger partial charge in [-0.3, -0.25) is 14.9 Å². The second-order valence-corrected chi connectivity index (χ2v) is 8.89. The molecule has 0 saturated carbocycles. The summed E-state index contributed by atoms with van der Waals surface area (Å²) in [6, 6.07) is 6.29. The van der Waals surface area contributed by atoms with Crippen LogP contribution < -0.4 is 5.32 Å². The van der Waals surface area contributed by atoms with Crippen molar-refractivity contribution >= 4 is 28.3 Å². The highest BCUT2D eigenvalue weighted by atomic mass is 16.6. The number of non-ortho nitro benzene ring substituents is 1. The third-order valence-electron chi connectivity index (χ3n) is 4.48. The van der Waals surface area contributed by atoms with Crippen LogP contribution in [0.1, 0.15) is 57.6 Å². The summed E-state index contributed by atoms with van der Waals surface area (Å²) >= 11 is 0. The molecule has 1 amide bonds. The molecule has 0 spiro atoms. The van der Waals surface area contributed by atoms with Crippen LogP contribution in [0.25, 0.3) is 10.9 Å². The number of H-pyrrole nitrogens is 1. The highest BCUT2D eigenvalue weighted by Gasteiger charge is 2.26. The molecule has 3 aromatic rings. The number of nitro groups is 1. The van der Waals surface area contributed by atoms with Crippen LogP contribution in [-0.2, 0) is 11.0 Å². The molecule has 0 fully saturated rings. The Morgan fingerprint density at radius 2 is 1.86 bits per heavy atom. The van der Waals surface area contributed by atoms with Gasteiger partial charge in [0.25, 0.3) is 11.6 Å². The van der Waals surface area contributed by atoms with Crippen LogP contribution in [0.15, 0.2) is 30.5 Å². The molecule has 0 atom stereocenters. The number of amides is 1. The molecule has 2 heterocycles. The number of nitro benzene ring substituents is 1. The molecule has 8 heteroatoms. The van der Waals surface area contributed by atoms with E-state index in [9.17, 15) is 14.9 Å². The largest absolute Gasteiger partial charge is 0.360 e. The fourth-order valence-corrected chi connectivity index (χ4v) is 2.94. The van der Waals surface area contributed by atoms with Gasteiger partial charge in [0.15, 0.2) is 0 Å². The van der Waals surface area contributed by atoms with Crippen LogP contribution in [0.5, 0.6) is 0 Å². The van der Waals surface area contributed by atoms with Crippen molar-refractivity contribution in [2.75, 3.05) is 5.32 Å². The van der Waals surface area contributed by atoms with Crippen LogP contribution in [0, 0.1) is 10.1 Å². The predicted octanol–water partition coefficient (Wildman–Crippen LogP) is 4.58. The first-order chi connectivity index (χ1) is 12.9. The van der Waals surface area contributed by atoms with E-state index in [0.29, 0.717) is 22.3 Å². The number of benzene rings is 1. The third kappa shape index (κ3) is 3.62. The van der Waals surface area contributed by atoms with Crippen molar-refractivity contribution in [2.45, 2.75) is 52.5 Å². The van der Waals surface area contributed by atoms with Gasteiger partial charge in [-0.1, -0.05) is 20.8 Å². The van der Waals surface area contributed by atoms with E-state index in [-0.39, 0.29) is 22.5 Å². The molecule has 0 aliphatic rings. The molecular formula is C20H25N5O3. The second-order valence-electron chi connectivity index (χ2n) is 8.89. The summed E-state index contributed by atoms with van der Waals surface area (Å²) in [6.07, 6.45) is 1.56. The number of rotatable bonds is 3. The monoisotopic (exact) mass is 383 g/mol. The average Bonchev–Trinajstić information content (AvgIpc) is 3.17. The summed E-state index contributed by atoms with van der Waals surface area (Å²) < 4.78 is 1.79. The molecular weight excluding hydrogens is 358 g/mol. The first kappa shape index (κ1) is 19.6. The molecule has 0 unspecified atom stereocenters. The predicted molar refractivity (Wildman–Crippen MR) is 109 cm³/mol. The van der Waals surface area contributed by atoms with Crippen LogP contribution in [0.4, 0.5) is 11.5 Å². The van der Waals surface area contributed by atoms with Crippen molar-refractivity contribution in [3.8, 4) is 0 Å². The molecule has 28 heavy (non-hydrogen) atoms. The maximum Gasteiger partial charge on any atom is 0.270 e. The van der Waals surface area contributed by atoms with Crippen LogP contribution in [0.2, 0.25) is 0 Å². The molecule has 0 aliphatic carbocycles. The number of anilines is 1. The van der Waals surface area contributed by atoms with Crippen molar-refractivity contribution in [1.82, 2.24) is 14.8 Å². The number of nitrogens with zero attached hydrogens (tertiary/aromatic N) is 3. The zero-order chi connectivity index (χ0) is 20.9. The van der Waals surface area contributed by atoms with E-state index in [0.717, 1.165) is 5.69 Å². The van der Waals surface area contributed by atoms with E-state index in [2.05, 4.69) is 31.1 Å². The number of hydrogen-bond acceptors (Lipinski definition) is 4. The number of fused-ring (bicyclic) bond motifs is 1. The lowest BCUT2D eigenvalue weighted by atomic mass is 9.92. The van der Waals surface area contributed by atoms with E-state index in [1.54, 1.807) is 16.9 Å². The Labute approximate surface area is 163 Å². The minimum atomic E-state index is -0.474. The molecule has 2 N–H and O–H groups in total. The van der Waals surface area contributed by atoms with Crippen molar-refractivity contribution in [3.63, 3.8) is 0 Å². The Balaban J connectivity index is 2.02. The molecule has 0 saturated heterocycles. The minimum Gasteiger partial charge on any atom is -0.360 e. The molecule has 8 nitrogen and oxygen atoms in total. The molecule has 3 rings (SSSR count). The number of carbonyl (C=O) groups is 1. The fourth-order valence-electron chi connectivity index (χ4n) is 2.94. The normalized spacial score (nSPS) is 12.4. The quantitative estimate of drug-likeness (QED) is 0.510. The van der Waals surface area contributed by atoms with E-state index >= 15 is 0 Å². The Hall–Kier alpha value is -3.16. The highest BCUT2D eigenvalue weighted by Crippen LogP contribution is 2.29. The van der Waals surface area contributed by atoms with Gasteiger partial charge in [-0.15, -0.1) is 0 Å². The summed E-state index contributed by atoms with van der Waals surface area (Å²) in [7, 11) is 0. The van der Waals surface area contributed by atoms with Crippen molar-refractivity contribution in [1.29, 1.82) is 0 Å². The lowest BCUT2D eigenvalue weighted by Gasteiger charge is -2.23. The smallest absolute Gasteiger partial charge is 0.270 e. The van der Waals surface area contributed by atoms with Crippen LogP contribution >= 0.6 is 0 Å². The van der Waals surface area contributed by atoms with Gasteiger partial charge in [0.2, 0.25) is 0 Å². The Kier molecular flexibility index (Phi) is 4.53. The lowest BCUT2D eigenvalue weighted by molar-refractivity contribution is -0.384. The first-order valence-electron chi connectivity index (χ1n) is 9.06. The van der Waals surface area contributed by atoms with Crippen LogP contribution in [-0.4, -0.2) is 25.6 Å². The number of nitrogens with one attached hydrogen (secondary N) is 2. The maximum atomic E-state index is 13.0. The molecule has 0 aliphatic heterocycles. The van der Waals surface area contributed by atoms with Gasteiger partial charge >= 0.3 is 0 Å². The number of aromatic nitrogens is 3.